The number of ketones is 1. The van der Waals surface area contributed by atoms with E-state index in [9.17, 15) is 9.59 Å². The van der Waals surface area contributed by atoms with Crippen molar-refractivity contribution < 1.29 is 24.2 Å². The van der Waals surface area contributed by atoms with Gasteiger partial charge in [0.05, 0.1) is 10.4 Å². The molecule has 0 amide bonds. The number of benzene rings is 1. The summed E-state index contributed by atoms with van der Waals surface area (Å²) in [6, 6.07) is 3.19. The molecule has 6 heteroatoms. The maximum atomic E-state index is 11.9. The van der Waals surface area contributed by atoms with Crippen LogP contribution in [-0.4, -0.2) is 23.7 Å². The molecule has 0 spiro atoms. The summed E-state index contributed by atoms with van der Waals surface area (Å²) in [7, 11) is 0. The van der Waals surface area contributed by atoms with E-state index in [1.54, 1.807) is 12.1 Å². The number of hydrogen-bond acceptors (Lipinski definition) is 4. The fourth-order valence-corrected chi connectivity index (χ4v) is 2.17. The number of hydrogen-bond donors (Lipinski definition) is 1. The average Bonchev–Trinajstić information content (AvgIpc) is 2.77. The molecule has 18 heavy (non-hydrogen) atoms. The standard InChI is InChI=1S/C12H11BrO5/c1-6(12(15)16)2-9(14)7-3-8(13)11-10(4-7)17-5-18-11/h3-4,6H,2,5H2,1H3,(H,15,16). The van der Waals surface area contributed by atoms with Crippen LogP contribution in [0.2, 0.25) is 0 Å². The first-order valence-electron chi connectivity index (χ1n) is 5.34. The number of carboxylic acid groups (broad SMARTS) is 1. The highest BCUT2D eigenvalue weighted by Gasteiger charge is 2.22. The molecule has 0 saturated heterocycles. The number of ether oxygens (including phenoxy) is 2. The van der Waals surface area contributed by atoms with Crippen LogP contribution in [0.4, 0.5) is 0 Å². The van der Waals surface area contributed by atoms with Crippen LogP contribution >= 0.6 is 15.9 Å². The first-order valence-corrected chi connectivity index (χ1v) is 6.13. The molecule has 2 rings (SSSR count). The molecule has 1 aliphatic heterocycles. The third-order valence-electron chi connectivity index (χ3n) is 2.66. The van der Waals surface area contributed by atoms with Crippen molar-refractivity contribution >= 4 is 27.7 Å². The summed E-state index contributed by atoms with van der Waals surface area (Å²) in [6.07, 6.45) is -0.0403. The summed E-state index contributed by atoms with van der Waals surface area (Å²) in [6.45, 7) is 1.62. The zero-order valence-electron chi connectivity index (χ0n) is 9.60. The number of carboxylic acids is 1. The largest absolute Gasteiger partial charge is 0.481 e. The quantitative estimate of drug-likeness (QED) is 0.864. The first-order chi connectivity index (χ1) is 8.49. The van der Waals surface area contributed by atoms with Crippen LogP contribution in [0.25, 0.3) is 0 Å². The molecule has 96 valence electrons. The van der Waals surface area contributed by atoms with Gasteiger partial charge in [0.1, 0.15) is 0 Å². The third kappa shape index (κ3) is 2.48. The van der Waals surface area contributed by atoms with Gasteiger partial charge in [-0.25, -0.2) is 0 Å². The highest BCUT2D eigenvalue weighted by atomic mass is 79.9. The molecule has 1 heterocycles. The number of carbonyl (C=O) groups excluding carboxylic acids is 1. The van der Waals surface area contributed by atoms with Gasteiger partial charge < -0.3 is 14.6 Å². The Morgan fingerprint density at radius 2 is 2.17 bits per heavy atom. The Kier molecular flexibility index (Phi) is 3.56. The van der Waals surface area contributed by atoms with Gasteiger partial charge in [-0.15, -0.1) is 0 Å². The van der Waals surface area contributed by atoms with Gasteiger partial charge in [-0.05, 0) is 28.1 Å². The second-order valence-corrected chi connectivity index (χ2v) is 4.91. The van der Waals surface area contributed by atoms with Crippen LogP contribution in [0.5, 0.6) is 11.5 Å². The van der Waals surface area contributed by atoms with Gasteiger partial charge in [0.15, 0.2) is 17.3 Å². The highest BCUT2D eigenvalue weighted by Crippen LogP contribution is 2.40. The van der Waals surface area contributed by atoms with Crippen LogP contribution in [0.15, 0.2) is 16.6 Å². The van der Waals surface area contributed by atoms with Gasteiger partial charge in [-0.3, -0.25) is 9.59 Å². The van der Waals surface area contributed by atoms with Gasteiger partial charge in [-0.1, -0.05) is 6.92 Å². The molecule has 5 nitrogen and oxygen atoms in total. The minimum atomic E-state index is -0.983. The summed E-state index contributed by atoms with van der Waals surface area (Å²) in [5, 5.41) is 8.78. The Hall–Kier alpha value is -1.56. The molecule has 1 unspecified atom stereocenters. The normalized spacial score (nSPS) is 14.3. The lowest BCUT2D eigenvalue weighted by Crippen LogP contribution is -2.14. The van der Waals surface area contributed by atoms with Crippen molar-refractivity contribution in [3.05, 3.63) is 22.2 Å². The predicted molar refractivity (Wildman–Crippen MR) is 66.0 cm³/mol. The van der Waals surface area contributed by atoms with Gasteiger partial charge in [0, 0.05) is 12.0 Å². The second-order valence-electron chi connectivity index (χ2n) is 4.06. The van der Waals surface area contributed by atoms with Crippen LogP contribution in [0.3, 0.4) is 0 Å². The number of aliphatic carboxylic acids is 1. The van der Waals surface area contributed by atoms with Crippen LogP contribution < -0.4 is 9.47 Å². The van der Waals surface area contributed by atoms with E-state index in [1.165, 1.54) is 6.92 Å². The summed E-state index contributed by atoms with van der Waals surface area (Å²) in [5.74, 6) is -0.859. The molecule has 1 N–H and O–H groups in total. The van der Waals surface area contributed by atoms with Crippen molar-refractivity contribution in [1.82, 2.24) is 0 Å². The van der Waals surface area contributed by atoms with E-state index in [0.29, 0.717) is 21.5 Å². The molecule has 1 atom stereocenters. The third-order valence-corrected chi connectivity index (χ3v) is 3.25. The fraction of sp³-hybridized carbons (Fsp3) is 0.333. The summed E-state index contributed by atoms with van der Waals surface area (Å²) in [5.41, 5.74) is 0.416. The van der Waals surface area contributed by atoms with E-state index in [4.69, 9.17) is 14.6 Å². The molecule has 0 bridgehead atoms. The van der Waals surface area contributed by atoms with E-state index in [-0.39, 0.29) is 19.0 Å². The number of rotatable bonds is 4. The number of Topliss-reactive ketones (excluding diaryl/α,β-unsaturated/α-hetero) is 1. The summed E-state index contributed by atoms with van der Waals surface area (Å²) in [4.78, 5) is 22.6. The van der Waals surface area contributed by atoms with Gasteiger partial charge >= 0.3 is 5.97 Å². The lowest BCUT2D eigenvalue weighted by molar-refractivity contribution is -0.141. The molecular formula is C12H11BrO5. The monoisotopic (exact) mass is 314 g/mol. The lowest BCUT2D eigenvalue weighted by Gasteiger charge is -2.07. The molecule has 1 aromatic carbocycles. The molecular weight excluding hydrogens is 304 g/mol. The van der Waals surface area contributed by atoms with E-state index in [2.05, 4.69) is 15.9 Å². The van der Waals surface area contributed by atoms with Gasteiger partial charge in [0.2, 0.25) is 6.79 Å². The van der Waals surface area contributed by atoms with Crippen molar-refractivity contribution in [2.45, 2.75) is 13.3 Å². The number of halogens is 1. The Bertz CT molecular complexity index is 511. The Labute approximate surface area is 112 Å². The summed E-state index contributed by atoms with van der Waals surface area (Å²) < 4.78 is 11.0. The minimum Gasteiger partial charge on any atom is -0.481 e. The van der Waals surface area contributed by atoms with Gasteiger partial charge in [0.25, 0.3) is 0 Å². The van der Waals surface area contributed by atoms with E-state index < -0.39 is 11.9 Å². The minimum absolute atomic E-state index is 0.0403. The van der Waals surface area contributed by atoms with E-state index in [0.717, 1.165) is 0 Å². The number of carbonyl (C=O) groups is 2. The highest BCUT2D eigenvalue weighted by molar-refractivity contribution is 9.10. The van der Waals surface area contributed by atoms with Crippen molar-refractivity contribution in [1.29, 1.82) is 0 Å². The Morgan fingerprint density at radius 1 is 1.44 bits per heavy atom. The second kappa shape index (κ2) is 4.97. The van der Waals surface area contributed by atoms with Crippen molar-refractivity contribution in [2.24, 2.45) is 5.92 Å². The fourth-order valence-electron chi connectivity index (χ4n) is 1.61. The molecule has 1 aromatic rings. The van der Waals surface area contributed by atoms with Crippen LogP contribution in [0.1, 0.15) is 23.7 Å². The van der Waals surface area contributed by atoms with Crippen LogP contribution in [-0.2, 0) is 4.79 Å². The molecule has 0 fully saturated rings. The average molecular weight is 315 g/mol. The van der Waals surface area contributed by atoms with Crippen LogP contribution in [0, 0.1) is 5.92 Å². The number of fused-ring (bicyclic) bond motifs is 1. The van der Waals surface area contributed by atoms with Crippen molar-refractivity contribution in [2.75, 3.05) is 6.79 Å². The smallest absolute Gasteiger partial charge is 0.306 e. The zero-order chi connectivity index (χ0) is 13.3. The maximum Gasteiger partial charge on any atom is 0.306 e. The van der Waals surface area contributed by atoms with Gasteiger partial charge in [-0.2, -0.15) is 0 Å². The topological polar surface area (TPSA) is 72.8 Å². The van der Waals surface area contributed by atoms with Crippen molar-refractivity contribution in [3.63, 3.8) is 0 Å². The predicted octanol–water partition coefficient (Wildman–Crippen LogP) is 2.47. The van der Waals surface area contributed by atoms with E-state index in [1.807, 2.05) is 0 Å². The molecule has 0 aromatic heterocycles. The lowest BCUT2D eigenvalue weighted by atomic mass is 9.99. The molecule has 0 saturated carbocycles. The molecule has 0 aliphatic carbocycles. The van der Waals surface area contributed by atoms with E-state index >= 15 is 0 Å². The molecule has 1 aliphatic rings. The summed E-state index contributed by atoms with van der Waals surface area (Å²) >= 11 is 3.29. The van der Waals surface area contributed by atoms with Crippen molar-refractivity contribution in [3.8, 4) is 11.5 Å². The SMILES string of the molecule is CC(CC(=O)c1cc(Br)c2c(c1)OCO2)C(=O)O. The maximum absolute atomic E-state index is 11.9. The zero-order valence-corrected chi connectivity index (χ0v) is 11.2. The first kappa shape index (κ1) is 12.9. The Balaban J connectivity index is 2.21. The molecule has 0 radical (unpaired) electrons. The Morgan fingerprint density at radius 3 is 2.83 bits per heavy atom.